The largest absolute Gasteiger partial charge is 0.466 e. The number of nitrogens with zero attached hydrogens (tertiary/aromatic N) is 2. The van der Waals surface area contributed by atoms with E-state index in [2.05, 4.69) is 32.5 Å². The molecule has 3 N–H and O–H groups in total. The van der Waals surface area contributed by atoms with Gasteiger partial charge in [0.05, 0.1) is 24.3 Å². The van der Waals surface area contributed by atoms with Gasteiger partial charge in [-0.1, -0.05) is 11.6 Å². The number of aromatic amines is 1. The second-order valence-electron chi connectivity index (χ2n) is 9.71. The molecular weight excluding hydrogens is 514 g/mol. The van der Waals surface area contributed by atoms with Gasteiger partial charge in [0, 0.05) is 46.4 Å². The number of carbonyl (C=O) groups is 3. The summed E-state index contributed by atoms with van der Waals surface area (Å²) in [6.07, 6.45) is 2.30. The predicted molar refractivity (Wildman–Crippen MR) is 142 cm³/mol. The fourth-order valence-electron chi connectivity index (χ4n) is 5.10. The number of carbonyl (C=O) groups excluding carboxylic acids is 3. The Balaban J connectivity index is 1.33. The number of fused-ring (bicyclic) bond motifs is 2. The van der Waals surface area contributed by atoms with Gasteiger partial charge in [0.2, 0.25) is 0 Å². The van der Waals surface area contributed by atoms with Gasteiger partial charge in [-0.25, -0.2) is 4.98 Å². The number of likely N-dealkylation sites (N-methyl/N-ethyl adjacent to an activating group) is 1. The standard InChI is InChI=1S/C26H30ClN5O4S/c1-3-36-26(35)14-4-6-18(29-23(33)21-12-15-10-16(27)5-7-17(15)28-21)20(11-14)30-24(34)25-31-19-8-9-32(2)13-22(19)37-25/h5,7,10,12,14,18,20,28H,3-4,6,8-9,11,13H2,1-2H3,(H,29,33)(H,30,34)/t14-,18+,20+/m0/s1. The first kappa shape index (κ1) is 25.7. The molecule has 37 heavy (non-hydrogen) atoms. The molecule has 0 bridgehead atoms. The van der Waals surface area contributed by atoms with Crippen molar-refractivity contribution in [1.82, 2.24) is 25.5 Å². The smallest absolute Gasteiger partial charge is 0.308 e. The van der Waals surface area contributed by atoms with Crippen molar-refractivity contribution in [3.05, 3.63) is 50.6 Å². The zero-order valence-electron chi connectivity index (χ0n) is 20.8. The molecule has 196 valence electrons. The number of benzene rings is 1. The van der Waals surface area contributed by atoms with Crippen molar-refractivity contribution in [2.24, 2.45) is 5.92 Å². The number of H-pyrrole nitrogens is 1. The van der Waals surface area contributed by atoms with Crippen molar-refractivity contribution >= 4 is 51.6 Å². The number of halogens is 1. The van der Waals surface area contributed by atoms with Crippen molar-refractivity contribution in [3.8, 4) is 0 Å². The first-order chi connectivity index (χ1) is 17.8. The van der Waals surface area contributed by atoms with Crippen molar-refractivity contribution in [2.45, 2.75) is 51.2 Å². The Kier molecular flexibility index (Phi) is 7.50. The first-order valence-corrected chi connectivity index (χ1v) is 13.7. The second kappa shape index (κ2) is 10.8. The number of ether oxygens (including phenoxy) is 1. The minimum Gasteiger partial charge on any atom is -0.466 e. The Labute approximate surface area is 223 Å². The molecule has 0 radical (unpaired) electrons. The first-order valence-electron chi connectivity index (χ1n) is 12.5. The van der Waals surface area contributed by atoms with E-state index in [4.69, 9.17) is 16.3 Å². The molecule has 2 aliphatic rings. The quantitative estimate of drug-likeness (QED) is 0.410. The van der Waals surface area contributed by atoms with E-state index in [9.17, 15) is 14.4 Å². The molecule has 1 fully saturated rings. The fourth-order valence-corrected chi connectivity index (χ4v) is 6.37. The lowest BCUT2D eigenvalue weighted by Gasteiger charge is -2.35. The Hall–Kier alpha value is -2.95. The van der Waals surface area contributed by atoms with E-state index in [0.717, 1.165) is 41.0 Å². The molecule has 0 unspecified atom stereocenters. The van der Waals surface area contributed by atoms with Crippen LogP contribution in [-0.2, 0) is 22.5 Å². The fraction of sp³-hybridized carbons (Fsp3) is 0.462. The highest BCUT2D eigenvalue weighted by molar-refractivity contribution is 7.13. The molecule has 2 aromatic heterocycles. The summed E-state index contributed by atoms with van der Waals surface area (Å²) in [7, 11) is 2.05. The van der Waals surface area contributed by atoms with Gasteiger partial charge in [-0.2, -0.15) is 0 Å². The van der Waals surface area contributed by atoms with Gasteiger partial charge < -0.3 is 25.3 Å². The molecule has 11 heteroatoms. The van der Waals surface area contributed by atoms with E-state index < -0.39 is 6.04 Å². The molecule has 0 saturated heterocycles. The van der Waals surface area contributed by atoms with Crippen LogP contribution in [0.5, 0.6) is 0 Å². The lowest BCUT2D eigenvalue weighted by Crippen LogP contribution is -2.55. The Morgan fingerprint density at radius 3 is 2.81 bits per heavy atom. The lowest BCUT2D eigenvalue weighted by molar-refractivity contribution is -0.149. The number of hydrogen-bond acceptors (Lipinski definition) is 7. The zero-order valence-corrected chi connectivity index (χ0v) is 22.4. The molecule has 1 saturated carbocycles. The number of amides is 2. The summed E-state index contributed by atoms with van der Waals surface area (Å²) in [6, 6.07) is 6.35. The average Bonchev–Trinajstić information content (AvgIpc) is 3.49. The molecule has 1 aromatic carbocycles. The minimum absolute atomic E-state index is 0.272. The van der Waals surface area contributed by atoms with E-state index in [-0.39, 0.29) is 29.7 Å². The number of esters is 1. The molecule has 5 rings (SSSR count). The predicted octanol–water partition coefficient (Wildman–Crippen LogP) is 3.53. The Bertz CT molecular complexity index is 1340. The van der Waals surface area contributed by atoms with E-state index >= 15 is 0 Å². The van der Waals surface area contributed by atoms with Crippen LogP contribution in [-0.4, -0.2) is 64.9 Å². The van der Waals surface area contributed by atoms with Gasteiger partial charge in [0.15, 0.2) is 5.01 Å². The van der Waals surface area contributed by atoms with Crippen molar-refractivity contribution in [1.29, 1.82) is 0 Å². The molecule has 1 aliphatic heterocycles. The van der Waals surface area contributed by atoms with Gasteiger partial charge in [-0.3, -0.25) is 14.4 Å². The van der Waals surface area contributed by atoms with E-state index in [1.807, 2.05) is 6.07 Å². The van der Waals surface area contributed by atoms with Crippen LogP contribution in [0.3, 0.4) is 0 Å². The number of rotatable bonds is 6. The number of thiazole rings is 1. The van der Waals surface area contributed by atoms with Crippen LogP contribution in [0.25, 0.3) is 10.9 Å². The molecule has 3 heterocycles. The highest BCUT2D eigenvalue weighted by atomic mass is 35.5. The maximum Gasteiger partial charge on any atom is 0.308 e. The van der Waals surface area contributed by atoms with Crippen molar-refractivity contribution in [3.63, 3.8) is 0 Å². The van der Waals surface area contributed by atoms with Gasteiger partial charge in [-0.05, 0) is 57.5 Å². The van der Waals surface area contributed by atoms with Crippen LogP contribution < -0.4 is 10.6 Å². The van der Waals surface area contributed by atoms with E-state index in [1.165, 1.54) is 11.3 Å². The molecule has 2 amide bonds. The third kappa shape index (κ3) is 5.66. The minimum atomic E-state index is -0.443. The van der Waals surface area contributed by atoms with Crippen LogP contribution in [0.1, 0.15) is 57.0 Å². The zero-order chi connectivity index (χ0) is 26.1. The summed E-state index contributed by atoms with van der Waals surface area (Å²) >= 11 is 7.49. The monoisotopic (exact) mass is 543 g/mol. The van der Waals surface area contributed by atoms with Gasteiger partial charge in [0.1, 0.15) is 5.69 Å². The maximum atomic E-state index is 13.2. The summed E-state index contributed by atoms with van der Waals surface area (Å²) in [5.74, 6) is -1.17. The lowest BCUT2D eigenvalue weighted by atomic mass is 9.82. The van der Waals surface area contributed by atoms with Crippen molar-refractivity contribution in [2.75, 3.05) is 20.2 Å². The summed E-state index contributed by atoms with van der Waals surface area (Å²) < 4.78 is 5.24. The summed E-state index contributed by atoms with van der Waals surface area (Å²) in [5.41, 5.74) is 2.19. The topological polar surface area (TPSA) is 116 Å². The normalized spacial score (nSPS) is 21.9. The van der Waals surface area contributed by atoms with Crippen LogP contribution in [0, 0.1) is 5.92 Å². The molecule has 3 atom stereocenters. The molecule has 1 aliphatic carbocycles. The Morgan fingerprint density at radius 1 is 1.19 bits per heavy atom. The second-order valence-corrected chi connectivity index (χ2v) is 11.2. The molecule has 3 aromatic rings. The molecule has 9 nitrogen and oxygen atoms in total. The number of nitrogens with one attached hydrogen (secondary N) is 3. The van der Waals surface area contributed by atoms with Crippen LogP contribution in [0.15, 0.2) is 24.3 Å². The average molecular weight is 544 g/mol. The maximum absolute atomic E-state index is 13.2. The van der Waals surface area contributed by atoms with Gasteiger partial charge in [-0.15, -0.1) is 11.3 Å². The highest BCUT2D eigenvalue weighted by Gasteiger charge is 2.37. The Morgan fingerprint density at radius 2 is 2.00 bits per heavy atom. The molecule has 0 spiro atoms. The van der Waals surface area contributed by atoms with Crippen LogP contribution in [0.4, 0.5) is 0 Å². The van der Waals surface area contributed by atoms with Crippen molar-refractivity contribution < 1.29 is 19.1 Å². The van der Waals surface area contributed by atoms with E-state index in [0.29, 0.717) is 41.6 Å². The third-order valence-electron chi connectivity index (χ3n) is 7.05. The van der Waals surface area contributed by atoms with Gasteiger partial charge in [0.25, 0.3) is 11.8 Å². The molecular formula is C26H30ClN5O4S. The van der Waals surface area contributed by atoms with Crippen LogP contribution in [0.2, 0.25) is 5.02 Å². The number of hydrogen-bond donors (Lipinski definition) is 3. The number of aromatic nitrogens is 2. The summed E-state index contributed by atoms with van der Waals surface area (Å²) in [5, 5.41) is 7.98. The summed E-state index contributed by atoms with van der Waals surface area (Å²) in [4.78, 5) is 49.9. The SMILES string of the molecule is CCOC(=O)[C@H]1CC[C@@H](NC(=O)c2cc3cc(Cl)ccc3[nH]2)[C@H](NC(=O)c2nc3c(s2)CN(C)CC3)C1. The van der Waals surface area contributed by atoms with Gasteiger partial charge >= 0.3 is 5.97 Å². The van der Waals surface area contributed by atoms with Crippen LogP contribution >= 0.6 is 22.9 Å². The highest BCUT2D eigenvalue weighted by Crippen LogP contribution is 2.29. The summed E-state index contributed by atoms with van der Waals surface area (Å²) in [6.45, 7) is 3.77. The van der Waals surface area contributed by atoms with E-state index in [1.54, 1.807) is 25.1 Å². The third-order valence-corrected chi connectivity index (χ3v) is 8.36.